The van der Waals surface area contributed by atoms with Crippen LogP contribution in [-0.2, 0) is 14.3 Å². The van der Waals surface area contributed by atoms with E-state index < -0.39 is 11.9 Å². The molecule has 0 radical (unpaired) electrons. The lowest BCUT2D eigenvalue weighted by Crippen LogP contribution is -2.43. The number of carbonyl (C=O) groups is 2. The monoisotopic (exact) mass is 258 g/mol. The van der Waals surface area contributed by atoms with Gasteiger partial charge in [-0.25, -0.2) is 0 Å². The van der Waals surface area contributed by atoms with Crippen molar-refractivity contribution in [3.63, 3.8) is 0 Å². The predicted octanol–water partition coefficient (Wildman–Crippen LogP) is -0.0659. The molecular formula is C12H22N2O4. The van der Waals surface area contributed by atoms with Gasteiger partial charge in [-0.3, -0.25) is 9.59 Å². The molecule has 0 bridgehead atoms. The van der Waals surface area contributed by atoms with Crippen molar-refractivity contribution in [2.45, 2.75) is 26.4 Å². The average Bonchev–Trinajstić information content (AvgIpc) is 2.36. The number of carbonyl (C=O) groups excluding carboxylic acids is 1. The van der Waals surface area contributed by atoms with Crippen molar-refractivity contribution in [1.82, 2.24) is 10.2 Å². The molecule has 6 heteroatoms. The fraction of sp³-hybridized carbons (Fsp3) is 0.833. The largest absolute Gasteiger partial charge is 0.481 e. The number of hydrogen-bond donors (Lipinski definition) is 2. The van der Waals surface area contributed by atoms with Crippen molar-refractivity contribution >= 4 is 11.9 Å². The van der Waals surface area contributed by atoms with Gasteiger partial charge in [0.25, 0.3) is 0 Å². The summed E-state index contributed by atoms with van der Waals surface area (Å²) >= 11 is 0. The predicted molar refractivity (Wildman–Crippen MR) is 66.3 cm³/mol. The number of morpholine rings is 1. The summed E-state index contributed by atoms with van der Waals surface area (Å²) in [6.07, 6.45) is 0.216. The van der Waals surface area contributed by atoms with E-state index in [1.54, 1.807) is 11.8 Å². The minimum absolute atomic E-state index is 0.0423. The average molecular weight is 258 g/mol. The quantitative estimate of drug-likeness (QED) is 0.697. The summed E-state index contributed by atoms with van der Waals surface area (Å²) in [6, 6.07) is 0. The van der Waals surface area contributed by atoms with Crippen molar-refractivity contribution in [1.29, 1.82) is 0 Å². The third kappa shape index (κ3) is 4.62. The number of rotatable bonds is 6. The van der Waals surface area contributed by atoms with Crippen LogP contribution >= 0.6 is 0 Å². The fourth-order valence-corrected chi connectivity index (χ4v) is 1.89. The van der Waals surface area contributed by atoms with Gasteiger partial charge >= 0.3 is 5.97 Å². The highest BCUT2D eigenvalue weighted by molar-refractivity contribution is 5.78. The molecule has 18 heavy (non-hydrogen) atoms. The molecule has 1 amide bonds. The number of hydrogen-bond acceptors (Lipinski definition) is 4. The van der Waals surface area contributed by atoms with Gasteiger partial charge in [-0.05, 0) is 6.92 Å². The standard InChI is InChI=1S/C12H22N2O4/c1-3-14(8-9(2)12(16)17)11(15)6-10-7-13-4-5-18-10/h9-10,13H,3-8H2,1-2H3,(H,16,17). The van der Waals surface area contributed by atoms with Gasteiger partial charge in [0.2, 0.25) is 5.91 Å². The van der Waals surface area contributed by atoms with Crippen molar-refractivity contribution in [3.8, 4) is 0 Å². The number of carboxylic acids is 1. The summed E-state index contributed by atoms with van der Waals surface area (Å²) in [6.45, 7) is 6.36. The lowest BCUT2D eigenvalue weighted by molar-refractivity contribution is -0.143. The van der Waals surface area contributed by atoms with Gasteiger partial charge < -0.3 is 20.1 Å². The summed E-state index contributed by atoms with van der Waals surface area (Å²) in [5.41, 5.74) is 0. The molecule has 0 aliphatic carbocycles. The minimum atomic E-state index is -0.878. The van der Waals surface area contributed by atoms with Crippen LogP contribution in [-0.4, -0.2) is 60.8 Å². The lowest BCUT2D eigenvalue weighted by atomic mass is 10.1. The Morgan fingerprint density at radius 3 is 2.78 bits per heavy atom. The third-order valence-corrected chi connectivity index (χ3v) is 3.06. The Morgan fingerprint density at radius 1 is 1.56 bits per heavy atom. The summed E-state index contributed by atoms with van der Waals surface area (Å²) in [5.74, 6) is -1.46. The maximum Gasteiger partial charge on any atom is 0.308 e. The zero-order valence-electron chi connectivity index (χ0n) is 11.0. The normalized spacial score (nSPS) is 21.3. The molecule has 104 valence electrons. The van der Waals surface area contributed by atoms with E-state index in [-0.39, 0.29) is 18.6 Å². The van der Waals surface area contributed by atoms with Gasteiger partial charge in [-0.15, -0.1) is 0 Å². The smallest absolute Gasteiger partial charge is 0.308 e. The molecule has 0 aromatic rings. The van der Waals surface area contributed by atoms with E-state index in [0.29, 0.717) is 26.1 Å². The Balaban J connectivity index is 2.43. The Labute approximate surface area is 107 Å². The molecule has 1 saturated heterocycles. The van der Waals surface area contributed by atoms with Crippen molar-refractivity contribution in [2.24, 2.45) is 5.92 Å². The highest BCUT2D eigenvalue weighted by Gasteiger charge is 2.23. The summed E-state index contributed by atoms with van der Waals surface area (Å²) in [4.78, 5) is 24.4. The van der Waals surface area contributed by atoms with Gasteiger partial charge in [-0.2, -0.15) is 0 Å². The molecule has 0 aromatic heterocycles. The third-order valence-electron chi connectivity index (χ3n) is 3.06. The van der Waals surface area contributed by atoms with E-state index in [1.807, 2.05) is 6.92 Å². The summed E-state index contributed by atoms with van der Waals surface area (Å²) in [5, 5.41) is 12.0. The molecule has 1 aliphatic rings. The molecule has 1 rings (SSSR count). The number of aliphatic carboxylic acids is 1. The molecule has 2 N–H and O–H groups in total. The molecule has 1 fully saturated rings. The number of ether oxygens (including phenoxy) is 1. The van der Waals surface area contributed by atoms with E-state index in [1.165, 1.54) is 0 Å². The Hall–Kier alpha value is -1.14. The van der Waals surface area contributed by atoms with Gasteiger partial charge in [0.1, 0.15) is 0 Å². The van der Waals surface area contributed by atoms with Crippen LogP contribution in [0.2, 0.25) is 0 Å². The first-order valence-corrected chi connectivity index (χ1v) is 6.37. The molecule has 6 nitrogen and oxygen atoms in total. The Bertz CT molecular complexity index is 290. The Kier molecular flexibility index (Phi) is 6.07. The number of carboxylic acid groups (broad SMARTS) is 1. The lowest BCUT2D eigenvalue weighted by Gasteiger charge is -2.27. The second-order valence-electron chi connectivity index (χ2n) is 4.57. The molecule has 0 spiro atoms. The van der Waals surface area contributed by atoms with Crippen LogP contribution in [0.1, 0.15) is 20.3 Å². The molecule has 0 aromatic carbocycles. The molecule has 2 atom stereocenters. The number of nitrogens with zero attached hydrogens (tertiary/aromatic N) is 1. The maximum absolute atomic E-state index is 12.0. The molecule has 1 aliphatic heterocycles. The van der Waals surface area contributed by atoms with Gasteiger partial charge in [0.05, 0.1) is 25.0 Å². The molecule has 1 heterocycles. The van der Waals surface area contributed by atoms with Crippen molar-refractivity contribution in [2.75, 3.05) is 32.8 Å². The number of nitrogens with one attached hydrogen (secondary N) is 1. The van der Waals surface area contributed by atoms with E-state index in [9.17, 15) is 9.59 Å². The van der Waals surface area contributed by atoms with Crippen LogP contribution in [0.4, 0.5) is 0 Å². The molecule has 2 unspecified atom stereocenters. The zero-order chi connectivity index (χ0) is 13.5. The first kappa shape index (κ1) is 14.9. The van der Waals surface area contributed by atoms with Crippen LogP contribution in [0.5, 0.6) is 0 Å². The second kappa shape index (κ2) is 7.33. The Morgan fingerprint density at radius 2 is 2.28 bits per heavy atom. The maximum atomic E-state index is 12.0. The minimum Gasteiger partial charge on any atom is -0.481 e. The van der Waals surface area contributed by atoms with Crippen LogP contribution in [0.15, 0.2) is 0 Å². The van der Waals surface area contributed by atoms with E-state index in [2.05, 4.69) is 5.32 Å². The first-order chi connectivity index (χ1) is 8.54. The highest BCUT2D eigenvalue weighted by atomic mass is 16.5. The topological polar surface area (TPSA) is 78.9 Å². The van der Waals surface area contributed by atoms with Crippen LogP contribution in [0.3, 0.4) is 0 Å². The van der Waals surface area contributed by atoms with E-state index >= 15 is 0 Å². The highest BCUT2D eigenvalue weighted by Crippen LogP contribution is 2.07. The number of amides is 1. The second-order valence-corrected chi connectivity index (χ2v) is 4.57. The van der Waals surface area contributed by atoms with Crippen molar-refractivity contribution < 1.29 is 19.4 Å². The van der Waals surface area contributed by atoms with E-state index in [0.717, 1.165) is 6.54 Å². The van der Waals surface area contributed by atoms with Crippen LogP contribution in [0.25, 0.3) is 0 Å². The van der Waals surface area contributed by atoms with Gasteiger partial charge in [-0.1, -0.05) is 6.92 Å². The fourth-order valence-electron chi connectivity index (χ4n) is 1.89. The first-order valence-electron chi connectivity index (χ1n) is 6.37. The SMILES string of the molecule is CCN(CC(C)C(=O)O)C(=O)CC1CNCCO1. The zero-order valence-corrected chi connectivity index (χ0v) is 11.0. The molecule has 0 saturated carbocycles. The van der Waals surface area contributed by atoms with Crippen LogP contribution in [0, 0.1) is 5.92 Å². The summed E-state index contributed by atoms with van der Waals surface area (Å²) in [7, 11) is 0. The van der Waals surface area contributed by atoms with Gasteiger partial charge in [0, 0.05) is 26.2 Å². The molecular weight excluding hydrogens is 236 g/mol. The van der Waals surface area contributed by atoms with Crippen LogP contribution < -0.4 is 5.32 Å². The summed E-state index contributed by atoms with van der Waals surface area (Å²) < 4.78 is 5.47. The van der Waals surface area contributed by atoms with Gasteiger partial charge in [0.15, 0.2) is 0 Å². The van der Waals surface area contributed by atoms with Crippen molar-refractivity contribution in [3.05, 3.63) is 0 Å². The van der Waals surface area contributed by atoms with E-state index in [4.69, 9.17) is 9.84 Å².